The highest BCUT2D eigenvalue weighted by Gasteiger charge is 2.40. The minimum absolute atomic E-state index is 0.0109. The lowest BCUT2D eigenvalue weighted by atomic mass is 9.89. The third kappa shape index (κ3) is 3.29. The quantitative estimate of drug-likeness (QED) is 0.483. The van der Waals surface area contributed by atoms with Crippen LogP contribution in [0.2, 0.25) is 0 Å². The maximum atomic E-state index is 12.6. The summed E-state index contributed by atoms with van der Waals surface area (Å²) in [6.07, 6.45) is 3.95. The Hall–Kier alpha value is -2.62. The lowest BCUT2D eigenvalue weighted by Crippen LogP contribution is -2.54. The van der Waals surface area contributed by atoms with E-state index in [4.69, 9.17) is 0 Å². The lowest BCUT2D eigenvalue weighted by Gasteiger charge is -2.29. The predicted molar refractivity (Wildman–Crippen MR) is 89.6 cm³/mol. The van der Waals surface area contributed by atoms with Crippen LogP contribution in [0, 0.1) is 10.1 Å². The second-order valence-corrected chi connectivity index (χ2v) is 6.67. The fourth-order valence-corrected chi connectivity index (χ4v) is 3.69. The molecule has 0 aliphatic heterocycles. The van der Waals surface area contributed by atoms with Gasteiger partial charge in [-0.2, -0.15) is 8.75 Å². The first-order chi connectivity index (χ1) is 11.9. The highest BCUT2D eigenvalue weighted by Crippen LogP contribution is 2.29. The van der Waals surface area contributed by atoms with Gasteiger partial charge in [-0.1, -0.05) is 25.7 Å². The molecular formula is C15H16N4O5S. The van der Waals surface area contributed by atoms with Crippen molar-refractivity contribution in [2.45, 2.75) is 44.1 Å². The van der Waals surface area contributed by atoms with Crippen LogP contribution in [-0.4, -0.2) is 36.2 Å². The normalized spacial score (nSPS) is 17.0. The van der Waals surface area contributed by atoms with Gasteiger partial charge in [0.05, 0.1) is 16.7 Å². The maximum absolute atomic E-state index is 12.6. The molecule has 9 nitrogen and oxygen atoms in total. The van der Waals surface area contributed by atoms with Crippen molar-refractivity contribution in [1.82, 2.24) is 14.1 Å². The minimum Gasteiger partial charge on any atom is -0.480 e. The number of hydrogen-bond donors (Lipinski definition) is 2. The van der Waals surface area contributed by atoms with E-state index >= 15 is 0 Å². The number of nitrogens with one attached hydrogen (secondary N) is 1. The van der Waals surface area contributed by atoms with Gasteiger partial charge in [-0.25, -0.2) is 4.79 Å². The van der Waals surface area contributed by atoms with E-state index in [2.05, 4.69) is 14.1 Å². The monoisotopic (exact) mass is 364 g/mol. The Balaban J connectivity index is 1.95. The number of non-ortho nitro benzene ring substituents is 1. The Kier molecular flexibility index (Phi) is 4.62. The van der Waals surface area contributed by atoms with Crippen molar-refractivity contribution >= 4 is 40.3 Å². The van der Waals surface area contributed by atoms with E-state index in [1.54, 1.807) is 0 Å². The van der Waals surface area contributed by atoms with Crippen LogP contribution in [0.15, 0.2) is 12.1 Å². The molecule has 0 spiro atoms. The molecule has 0 saturated heterocycles. The van der Waals surface area contributed by atoms with E-state index in [1.165, 1.54) is 6.07 Å². The number of carbonyl (C=O) groups excluding carboxylic acids is 1. The summed E-state index contributed by atoms with van der Waals surface area (Å²) in [6.45, 7) is 0. The van der Waals surface area contributed by atoms with Crippen LogP contribution >= 0.6 is 11.7 Å². The van der Waals surface area contributed by atoms with Crippen LogP contribution in [0.25, 0.3) is 11.0 Å². The summed E-state index contributed by atoms with van der Waals surface area (Å²) >= 11 is 0.817. The summed E-state index contributed by atoms with van der Waals surface area (Å²) in [5, 5.41) is 23.5. The third-order valence-corrected chi connectivity index (χ3v) is 5.06. The fourth-order valence-electron chi connectivity index (χ4n) is 3.16. The van der Waals surface area contributed by atoms with Gasteiger partial charge in [-0.3, -0.25) is 14.9 Å². The molecule has 1 fully saturated rings. The van der Waals surface area contributed by atoms with E-state index in [1.807, 2.05) is 0 Å². The van der Waals surface area contributed by atoms with Crippen molar-refractivity contribution in [1.29, 1.82) is 0 Å². The smallest absolute Gasteiger partial charge is 0.329 e. The number of rotatable bonds is 4. The first-order valence-electron chi connectivity index (χ1n) is 7.89. The van der Waals surface area contributed by atoms with Crippen molar-refractivity contribution in [2.24, 2.45) is 0 Å². The third-order valence-electron chi connectivity index (χ3n) is 4.52. The highest BCUT2D eigenvalue weighted by molar-refractivity contribution is 7.00. The molecule has 1 amide bonds. The molecular weight excluding hydrogens is 348 g/mol. The molecule has 1 aromatic carbocycles. The first-order valence-corrected chi connectivity index (χ1v) is 8.63. The number of nitro benzene ring substituents is 1. The number of benzene rings is 1. The van der Waals surface area contributed by atoms with Gasteiger partial charge in [-0.15, -0.1) is 0 Å². The molecule has 10 heteroatoms. The molecule has 0 unspecified atom stereocenters. The Bertz CT molecular complexity index is 842. The second kappa shape index (κ2) is 6.71. The fraction of sp³-hybridized carbons (Fsp3) is 0.467. The second-order valence-electron chi connectivity index (χ2n) is 6.14. The van der Waals surface area contributed by atoms with Crippen LogP contribution in [-0.2, 0) is 4.79 Å². The number of carboxylic acids is 1. The van der Waals surface area contributed by atoms with Crippen LogP contribution in [0.1, 0.15) is 48.9 Å². The largest absolute Gasteiger partial charge is 0.480 e. The number of nitro groups is 1. The Morgan fingerprint density at radius 1 is 1.20 bits per heavy atom. The van der Waals surface area contributed by atoms with Crippen LogP contribution in [0.4, 0.5) is 5.69 Å². The van der Waals surface area contributed by atoms with Crippen molar-refractivity contribution in [3.8, 4) is 0 Å². The number of fused-ring (bicyclic) bond motifs is 1. The average molecular weight is 364 g/mol. The molecule has 2 aromatic rings. The minimum atomic E-state index is -1.34. The van der Waals surface area contributed by atoms with E-state index in [-0.39, 0.29) is 22.3 Å². The summed E-state index contributed by atoms with van der Waals surface area (Å²) in [4.78, 5) is 35.0. The van der Waals surface area contributed by atoms with Gasteiger partial charge in [0.25, 0.3) is 11.6 Å². The molecule has 1 saturated carbocycles. The Morgan fingerprint density at radius 3 is 2.48 bits per heavy atom. The molecule has 2 N–H and O–H groups in total. The molecule has 25 heavy (non-hydrogen) atoms. The summed E-state index contributed by atoms with van der Waals surface area (Å²) in [5.74, 6) is -1.73. The Labute approximate surface area is 146 Å². The SMILES string of the molecule is O=C(NC1(C(=O)O)CCCCCC1)c1cc([N+](=O)[O-])c2nsnc2c1. The topological polar surface area (TPSA) is 135 Å². The molecule has 3 rings (SSSR count). The van der Waals surface area contributed by atoms with Gasteiger partial charge in [0, 0.05) is 11.6 Å². The lowest BCUT2D eigenvalue weighted by molar-refractivity contribution is -0.383. The zero-order chi connectivity index (χ0) is 18.0. The van der Waals surface area contributed by atoms with Gasteiger partial charge in [0.1, 0.15) is 11.1 Å². The first kappa shape index (κ1) is 17.2. The van der Waals surface area contributed by atoms with Crippen molar-refractivity contribution in [3.05, 3.63) is 27.8 Å². The summed E-state index contributed by atoms with van der Waals surface area (Å²) in [6, 6.07) is 2.51. The van der Waals surface area contributed by atoms with Gasteiger partial charge in [0.2, 0.25) is 0 Å². The number of nitrogens with zero attached hydrogens (tertiary/aromatic N) is 3. The van der Waals surface area contributed by atoms with Crippen molar-refractivity contribution < 1.29 is 19.6 Å². The standard InChI is InChI=1S/C15H16N4O5S/c20-13(16-15(14(21)22)5-3-1-2-4-6-15)9-7-10-12(18-25-17-10)11(8-9)19(23)24/h7-8H,1-6H2,(H,16,20)(H,21,22). The van der Waals surface area contributed by atoms with E-state index in [9.17, 15) is 24.8 Å². The zero-order valence-corrected chi connectivity index (χ0v) is 14.0. The van der Waals surface area contributed by atoms with Crippen LogP contribution in [0.3, 0.4) is 0 Å². The summed E-state index contributed by atoms with van der Waals surface area (Å²) < 4.78 is 7.82. The highest BCUT2D eigenvalue weighted by atomic mass is 32.1. The number of amides is 1. The van der Waals surface area contributed by atoms with Crippen molar-refractivity contribution in [2.75, 3.05) is 0 Å². The van der Waals surface area contributed by atoms with Gasteiger partial charge in [0.15, 0.2) is 5.52 Å². The van der Waals surface area contributed by atoms with E-state index < -0.39 is 22.3 Å². The summed E-state index contributed by atoms with van der Waals surface area (Å²) in [7, 11) is 0. The Morgan fingerprint density at radius 2 is 1.88 bits per heavy atom. The van der Waals surface area contributed by atoms with Crippen LogP contribution < -0.4 is 5.32 Å². The van der Waals surface area contributed by atoms with Crippen molar-refractivity contribution in [3.63, 3.8) is 0 Å². The van der Waals surface area contributed by atoms with Gasteiger partial charge < -0.3 is 10.4 Å². The molecule has 0 radical (unpaired) electrons. The maximum Gasteiger partial charge on any atom is 0.329 e. The number of carbonyl (C=O) groups is 2. The molecule has 132 valence electrons. The van der Waals surface area contributed by atoms with Crippen LogP contribution in [0.5, 0.6) is 0 Å². The molecule has 1 aromatic heterocycles. The van der Waals surface area contributed by atoms with Gasteiger partial charge >= 0.3 is 5.97 Å². The average Bonchev–Trinajstić information content (AvgIpc) is 2.91. The van der Waals surface area contributed by atoms with Gasteiger partial charge in [-0.05, 0) is 18.9 Å². The molecule has 1 aliphatic carbocycles. The number of carboxylic acid groups (broad SMARTS) is 1. The molecule has 0 atom stereocenters. The van der Waals surface area contributed by atoms with E-state index in [0.29, 0.717) is 25.7 Å². The number of aromatic nitrogens is 2. The molecule has 1 heterocycles. The summed E-state index contributed by atoms with van der Waals surface area (Å²) in [5.41, 5.74) is -1.28. The molecule has 1 aliphatic rings. The predicted octanol–water partition coefficient (Wildman–Crippen LogP) is 2.51. The van der Waals surface area contributed by atoms with E-state index in [0.717, 1.165) is 30.6 Å². The number of aliphatic carboxylic acids is 1. The molecule has 0 bridgehead atoms. The number of hydrogen-bond acceptors (Lipinski definition) is 7. The zero-order valence-electron chi connectivity index (χ0n) is 13.2.